The fourth-order valence-electron chi connectivity index (χ4n) is 20.6. The van der Waals surface area contributed by atoms with E-state index in [2.05, 4.69) is 60.2 Å². The number of carbonyl (C=O) groups is 5. The summed E-state index contributed by atoms with van der Waals surface area (Å²) in [6.07, 6.45) is 7.91. The number of nitrogens with two attached hydrogens (primary N) is 1. The maximum Gasteiger partial charge on any atom is 0.375 e. The number of fused-ring (bicyclic) bond motifs is 21. The first-order valence-corrected chi connectivity index (χ1v) is 40.9. The fourth-order valence-corrected chi connectivity index (χ4v) is 23.6. The van der Waals surface area contributed by atoms with Crippen molar-refractivity contribution >= 4 is 75.0 Å². The number of phenolic OH excluding ortho intramolecular Hbond substituents is 4. The van der Waals surface area contributed by atoms with Gasteiger partial charge in [-0.1, -0.05) is 24.3 Å². The molecule has 12 aliphatic rings. The minimum Gasteiger partial charge on any atom is -0.508 e. The van der Waals surface area contributed by atoms with Crippen LogP contribution in [0.2, 0.25) is 0 Å². The highest BCUT2D eigenvalue weighted by molar-refractivity contribution is 8.00. The first kappa shape index (κ1) is 78.4. The van der Waals surface area contributed by atoms with E-state index in [1.54, 1.807) is 50.4 Å². The highest BCUT2D eigenvalue weighted by Gasteiger charge is 2.65. The summed E-state index contributed by atoms with van der Waals surface area (Å²) >= 11 is 2.71. The minimum absolute atomic E-state index is 0.00754. The van der Waals surface area contributed by atoms with Gasteiger partial charge in [-0.3, -0.25) is 39.3 Å². The Balaban J connectivity index is 0.000000148. The number of hydrogen-bond donors (Lipinski definition) is 8. The number of aromatic amines is 2. The summed E-state index contributed by atoms with van der Waals surface area (Å²) < 4.78 is 60.0. The molecule has 2 unspecified atom stereocenters. The van der Waals surface area contributed by atoms with Crippen LogP contribution in [0.3, 0.4) is 0 Å². The van der Waals surface area contributed by atoms with Crippen LogP contribution in [0.15, 0.2) is 80.0 Å². The fraction of sp³-hybridized carbons (Fsp3) is 0.407. The van der Waals surface area contributed by atoms with Gasteiger partial charge in [0, 0.05) is 136 Å². The molecule has 117 heavy (non-hydrogen) atoms. The Morgan fingerprint density at radius 3 is 1.67 bits per heavy atom. The molecule has 9 N–H and O–H groups in total. The first-order chi connectivity index (χ1) is 56.4. The van der Waals surface area contributed by atoms with E-state index in [4.69, 9.17) is 53.1 Å². The number of Topliss-reactive ketones (excluding diaryl/α,β-unsaturated/α-hetero) is 1. The van der Waals surface area contributed by atoms with Crippen LogP contribution < -0.4 is 48.9 Å². The van der Waals surface area contributed by atoms with Crippen molar-refractivity contribution in [2.24, 2.45) is 5.73 Å². The van der Waals surface area contributed by atoms with Crippen LogP contribution in [0.1, 0.15) is 132 Å². The standard InChI is InChI=1S/C43H43N5O9S.C33H33N3O9S.C10H12N2O/c1-6-11-47-27-13-22-12-19(2)36(53-5)35(51)30(22)33(47)34-40-32-31(39-38(55-18-56-39)20(3)37(32)57-21(4)49)29(48(34)28(27)15-44)16-54-42(52)43(17-58-40)41-24(9-10-45-43)25-14-23(50)7-8-26(25)46-41;1-6-7-35-18-9-17-8-14(2)28(41-5)27(39)22(17)25(35)26-32-24-23(31-30(43-13-44-31)15(3)29(24)45-16(4)37)20(36(26)19(18)10-34)11-42-33(40)21(38)12-46-32;11-4-3-7-6-12-10-2-1-8(13)5-9(7)10/h6-8,12,14,27-29,33-34,40,45-46,50-51H,1,9-11,13,16-18H2,2-5H3;6,8,18-20,25-26,32,39H,1,7,9,11-13H2,2-5H3;1-2,5-6,12-13H,3-4,11H2/t27-,28-,29-,33+,34?,40+,43+;18-,19-,20-,25+,26?,32+;/m00./s1. The molecule has 6 aromatic carbocycles. The number of carbonyl (C=O) groups excluding carboxylic acids is 5. The molecular weight excluding hydrogens is 1540 g/mol. The zero-order chi connectivity index (χ0) is 82.2. The van der Waals surface area contributed by atoms with Crippen LogP contribution in [0, 0.1) is 50.4 Å². The Morgan fingerprint density at radius 2 is 1.16 bits per heavy atom. The van der Waals surface area contributed by atoms with Crippen molar-refractivity contribution in [1.82, 2.24) is 34.9 Å². The number of nitriles is 2. The highest BCUT2D eigenvalue weighted by Crippen LogP contribution is 2.68. The second-order valence-corrected chi connectivity index (χ2v) is 33.4. The van der Waals surface area contributed by atoms with Crippen LogP contribution >= 0.6 is 23.5 Å². The van der Waals surface area contributed by atoms with Crippen molar-refractivity contribution in [2.75, 3.05) is 78.7 Å². The molecule has 8 bridgehead atoms. The molecule has 14 heterocycles. The van der Waals surface area contributed by atoms with E-state index < -0.39 is 94.0 Å². The summed E-state index contributed by atoms with van der Waals surface area (Å²) in [5, 5.41) is 70.3. The molecule has 0 radical (unpaired) electrons. The lowest BCUT2D eigenvalue weighted by molar-refractivity contribution is -0.157. The predicted molar refractivity (Wildman–Crippen MR) is 429 cm³/mol. The zero-order valence-electron chi connectivity index (χ0n) is 65.6. The topological polar surface area (TPSA) is 389 Å². The summed E-state index contributed by atoms with van der Waals surface area (Å²) in [7, 11) is 3.05. The molecule has 8 aromatic rings. The molecule has 29 nitrogen and oxygen atoms in total. The van der Waals surface area contributed by atoms with Crippen molar-refractivity contribution in [3.05, 3.63) is 164 Å². The van der Waals surface area contributed by atoms with E-state index in [1.807, 2.05) is 51.2 Å². The van der Waals surface area contributed by atoms with E-state index >= 15 is 0 Å². The van der Waals surface area contributed by atoms with Gasteiger partial charge < -0.3 is 83.5 Å². The highest BCUT2D eigenvalue weighted by atomic mass is 32.2. The van der Waals surface area contributed by atoms with E-state index in [-0.39, 0.29) is 73.4 Å². The molecule has 0 amide bonds. The maximum absolute atomic E-state index is 14.9. The molecule has 1 spiro atoms. The average molecular weight is 1630 g/mol. The number of aryl methyl sites for hydroxylation is 2. The third-order valence-corrected chi connectivity index (χ3v) is 27.7. The van der Waals surface area contributed by atoms with Gasteiger partial charge in [-0.2, -0.15) is 10.5 Å². The summed E-state index contributed by atoms with van der Waals surface area (Å²) in [6, 6.07) is 13.9. The van der Waals surface area contributed by atoms with Gasteiger partial charge in [0.1, 0.15) is 48.3 Å². The molecule has 12 aliphatic heterocycles. The lowest BCUT2D eigenvalue weighted by atomic mass is 9.71. The van der Waals surface area contributed by atoms with E-state index in [9.17, 15) is 54.9 Å². The van der Waals surface area contributed by atoms with Crippen molar-refractivity contribution in [2.45, 2.75) is 144 Å². The Morgan fingerprint density at radius 1 is 0.658 bits per heavy atom. The van der Waals surface area contributed by atoms with Crippen LogP contribution in [-0.2, 0) is 64.7 Å². The summed E-state index contributed by atoms with van der Waals surface area (Å²) in [5.41, 5.74) is 17.1. The molecule has 2 aromatic heterocycles. The number of esters is 4. The summed E-state index contributed by atoms with van der Waals surface area (Å²) in [4.78, 5) is 81.7. The third-order valence-electron chi connectivity index (χ3n) is 24.9. The number of cyclic esters (lactones) is 1. The van der Waals surface area contributed by atoms with Gasteiger partial charge >= 0.3 is 23.9 Å². The van der Waals surface area contributed by atoms with Gasteiger partial charge in [0.15, 0.2) is 51.5 Å². The second kappa shape index (κ2) is 30.4. The van der Waals surface area contributed by atoms with Gasteiger partial charge in [0.05, 0.1) is 72.5 Å². The van der Waals surface area contributed by atoms with Gasteiger partial charge in [-0.15, -0.1) is 36.7 Å². The number of nitrogens with zero attached hydrogens (tertiary/aromatic N) is 6. The maximum atomic E-state index is 14.9. The molecule has 0 aliphatic carbocycles. The number of methoxy groups -OCH3 is 2. The van der Waals surface area contributed by atoms with Crippen molar-refractivity contribution in [3.63, 3.8) is 0 Å². The lowest BCUT2D eigenvalue weighted by Gasteiger charge is -2.62. The number of H-pyrrole nitrogens is 2. The number of ether oxygens (including phenoxy) is 10. The van der Waals surface area contributed by atoms with Gasteiger partial charge in [0.25, 0.3) is 0 Å². The molecule has 608 valence electrons. The van der Waals surface area contributed by atoms with Crippen LogP contribution in [0.25, 0.3) is 21.8 Å². The number of nitrogens with one attached hydrogen (secondary N) is 3. The number of hydrogen-bond acceptors (Lipinski definition) is 29. The Labute approximate surface area is 681 Å². The minimum atomic E-state index is -1.35. The van der Waals surface area contributed by atoms with E-state index in [0.717, 1.165) is 61.6 Å². The van der Waals surface area contributed by atoms with Crippen LogP contribution in [0.5, 0.6) is 69.0 Å². The number of ketones is 1. The van der Waals surface area contributed by atoms with Gasteiger partial charge in [-0.05, 0) is 130 Å². The van der Waals surface area contributed by atoms with Crippen molar-refractivity contribution in [1.29, 1.82) is 10.5 Å². The number of aromatic nitrogens is 2. The number of rotatable bonds is 10. The molecule has 31 heteroatoms. The Bertz CT molecular complexity index is 5640. The third kappa shape index (κ3) is 12.3. The van der Waals surface area contributed by atoms with Crippen LogP contribution in [-0.4, -0.2) is 195 Å². The largest absolute Gasteiger partial charge is 0.508 e. The number of phenols is 4. The van der Waals surface area contributed by atoms with E-state index in [0.29, 0.717) is 142 Å². The first-order valence-electron chi connectivity index (χ1n) is 38.8. The predicted octanol–water partition coefficient (Wildman–Crippen LogP) is 9.75. The molecule has 0 saturated carbocycles. The van der Waals surface area contributed by atoms with Crippen molar-refractivity contribution in [3.8, 4) is 81.1 Å². The number of piperazine rings is 2. The Hall–Kier alpha value is -11.1. The smallest absolute Gasteiger partial charge is 0.375 e. The SMILES string of the molecule is C=CCN1[C@@H]2c3c(cc(C)c(OC)c3O)C[C@H]1[C@H](C#N)N1C2[C@@H]2SCC(=O)C(=O)OC[C@H]1c1c3c(c(C)c(OC(C)=O)c12)OCO3.C=CCN1[C@@H]2c3c(cc(C)c(OC)c3O)C[C@H]1[C@H](C#N)N1C2[C@@H]2SC[C@]3(NCCc4c3[nH]c3ccc(O)cc43)C(=O)OC[C@H]1c1c3c(c(C)c(OC(C)=O)c12)OCO3.NCCc1c[nH]c2ccc(O)cc12. The molecule has 13 atom stereocenters. The zero-order valence-corrected chi connectivity index (χ0v) is 67.2. The van der Waals surface area contributed by atoms with Gasteiger partial charge in [0.2, 0.25) is 19.4 Å². The quantitative estimate of drug-likeness (QED) is 0.0273. The monoisotopic (exact) mass is 1630 g/mol. The lowest BCUT2D eigenvalue weighted by Crippen LogP contribution is -2.70. The Kier molecular flexibility index (Phi) is 20.4. The van der Waals surface area contributed by atoms with Gasteiger partial charge in [-0.25, -0.2) is 9.59 Å². The number of thioether (sulfide) groups is 2. The van der Waals surface area contributed by atoms with E-state index in [1.165, 1.54) is 44.5 Å². The molecule has 20 rings (SSSR count). The normalized spacial score (nSPS) is 26.1. The van der Waals surface area contributed by atoms with Crippen LogP contribution in [0.4, 0.5) is 0 Å². The number of aromatic hydroxyl groups is 4. The molecular formula is C86H88N10O19S2. The average Bonchev–Trinajstić information content (AvgIpc) is 1.38. The summed E-state index contributed by atoms with van der Waals surface area (Å²) in [5.74, 6) is 0.272. The summed E-state index contributed by atoms with van der Waals surface area (Å²) in [6.45, 7) is 19.5. The molecule has 4 saturated heterocycles. The number of benzene rings is 6. The second-order valence-electron chi connectivity index (χ2n) is 31.1. The van der Waals surface area contributed by atoms with Crippen molar-refractivity contribution < 1.29 is 91.8 Å². The molecule has 4 fully saturated rings.